The van der Waals surface area contributed by atoms with Crippen LogP contribution in [0.3, 0.4) is 0 Å². The van der Waals surface area contributed by atoms with Crippen LogP contribution in [0.15, 0.2) is 0 Å². The van der Waals surface area contributed by atoms with Gasteiger partial charge in [0, 0.05) is 11.5 Å². The molecule has 0 saturated heterocycles. The molecule has 4 amide bonds. The number of hydrogen-bond donors (Lipinski definition) is 8. The van der Waals surface area contributed by atoms with Crippen LogP contribution < -0.4 is 27.4 Å². The minimum absolute atomic E-state index is 0.0667. The Labute approximate surface area is 173 Å². The van der Waals surface area contributed by atoms with E-state index in [0.29, 0.717) is 0 Å². The molecule has 0 aliphatic carbocycles. The van der Waals surface area contributed by atoms with Crippen LogP contribution in [-0.2, 0) is 24.0 Å². The zero-order chi connectivity index (χ0) is 22.0. The number of nitrogens with one attached hydrogen (secondary N) is 3. The number of carbonyl (C=O) groups excluding carboxylic acids is 4. The highest BCUT2D eigenvalue weighted by Crippen LogP contribution is 2.05. The maximum absolute atomic E-state index is 12.4. The van der Waals surface area contributed by atoms with Gasteiger partial charge in [-0.25, -0.2) is 4.79 Å². The SMILES string of the molecule is CC(C)C(NC(=O)C(CS)NC(=O)C(N)CS)C(=O)NC(CC(N)=O)C(=O)O. The zero-order valence-corrected chi connectivity index (χ0v) is 17.3. The number of aliphatic carboxylic acids is 1. The predicted octanol–water partition coefficient (Wildman–Crippen LogP) is -2.76. The summed E-state index contributed by atoms with van der Waals surface area (Å²) in [5.41, 5.74) is 10.5. The lowest BCUT2D eigenvalue weighted by Crippen LogP contribution is -2.59. The first-order chi connectivity index (χ1) is 12.9. The van der Waals surface area contributed by atoms with E-state index >= 15 is 0 Å². The van der Waals surface area contributed by atoms with Gasteiger partial charge in [-0.2, -0.15) is 25.3 Å². The molecule has 0 aromatic heterocycles. The maximum Gasteiger partial charge on any atom is 0.326 e. The molecule has 0 spiro atoms. The van der Waals surface area contributed by atoms with E-state index in [1.807, 2.05) is 0 Å². The molecule has 0 aliphatic rings. The van der Waals surface area contributed by atoms with Crippen molar-refractivity contribution in [2.75, 3.05) is 11.5 Å². The van der Waals surface area contributed by atoms with Crippen molar-refractivity contribution in [1.82, 2.24) is 16.0 Å². The molecule has 11 nitrogen and oxygen atoms in total. The molecule has 8 N–H and O–H groups in total. The lowest BCUT2D eigenvalue weighted by molar-refractivity contribution is -0.144. The van der Waals surface area contributed by atoms with Gasteiger partial charge in [-0.3, -0.25) is 19.2 Å². The van der Waals surface area contributed by atoms with Gasteiger partial charge in [0.15, 0.2) is 0 Å². The molecule has 13 heteroatoms. The van der Waals surface area contributed by atoms with Gasteiger partial charge in [-0.15, -0.1) is 0 Å². The summed E-state index contributed by atoms with van der Waals surface area (Å²) in [6.07, 6.45) is -0.600. The van der Waals surface area contributed by atoms with Crippen molar-refractivity contribution in [3.63, 3.8) is 0 Å². The second-order valence-corrected chi connectivity index (χ2v) is 7.06. The van der Waals surface area contributed by atoms with Crippen LogP contribution in [0.2, 0.25) is 0 Å². The van der Waals surface area contributed by atoms with Crippen molar-refractivity contribution >= 4 is 54.9 Å². The summed E-state index contributed by atoms with van der Waals surface area (Å²) in [7, 11) is 0. The minimum Gasteiger partial charge on any atom is -0.480 e. The summed E-state index contributed by atoms with van der Waals surface area (Å²) in [5.74, 6) is -4.90. The first-order valence-corrected chi connectivity index (χ1v) is 9.60. The average Bonchev–Trinajstić information content (AvgIpc) is 2.61. The molecule has 4 atom stereocenters. The molecule has 4 unspecified atom stereocenters. The van der Waals surface area contributed by atoms with Gasteiger partial charge >= 0.3 is 5.97 Å². The third-order valence-electron chi connectivity index (χ3n) is 3.62. The molecule has 0 aliphatic heterocycles. The first-order valence-electron chi connectivity index (χ1n) is 8.34. The molecule has 0 heterocycles. The molecule has 160 valence electrons. The van der Waals surface area contributed by atoms with E-state index < -0.39 is 66.1 Å². The summed E-state index contributed by atoms with van der Waals surface area (Å²) < 4.78 is 0. The predicted molar refractivity (Wildman–Crippen MR) is 108 cm³/mol. The highest BCUT2D eigenvalue weighted by atomic mass is 32.1. The summed E-state index contributed by atoms with van der Waals surface area (Å²) in [6, 6.07) is -4.65. The number of carboxylic acids is 1. The topological polar surface area (TPSA) is 194 Å². The quantitative estimate of drug-likeness (QED) is 0.151. The van der Waals surface area contributed by atoms with Crippen LogP contribution in [0.25, 0.3) is 0 Å². The highest BCUT2D eigenvalue weighted by molar-refractivity contribution is 7.80. The Kier molecular flexibility index (Phi) is 11.6. The number of nitrogens with two attached hydrogens (primary N) is 2. The summed E-state index contributed by atoms with van der Waals surface area (Å²) in [6.45, 7) is 3.25. The molecule has 0 aromatic rings. The van der Waals surface area contributed by atoms with Crippen LogP contribution in [0.4, 0.5) is 0 Å². The summed E-state index contributed by atoms with van der Waals surface area (Å²) in [5, 5.41) is 16.1. The number of hydrogen-bond acceptors (Lipinski definition) is 8. The van der Waals surface area contributed by atoms with E-state index in [9.17, 15) is 24.0 Å². The summed E-state index contributed by atoms with van der Waals surface area (Å²) >= 11 is 7.91. The molecular formula is C15H27N5O6S2. The highest BCUT2D eigenvalue weighted by Gasteiger charge is 2.31. The van der Waals surface area contributed by atoms with Crippen molar-refractivity contribution in [1.29, 1.82) is 0 Å². The maximum atomic E-state index is 12.4. The van der Waals surface area contributed by atoms with E-state index in [4.69, 9.17) is 16.6 Å². The standard InChI is InChI=1S/C15H27N5O6S2/c1-6(2)11(14(24)18-8(15(25)26)3-10(17)21)20-13(23)9(5-28)19-12(22)7(16)4-27/h6-9,11,27-28H,3-5,16H2,1-2H3,(H2,17,21)(H,18,24)(H,19,22)(H,20,23)(H,25,26). The van der Waals surface area contributed by atoms with Crippen LogP contribution in [0.1, 0.15) is 20.3 Å². The lowest BCUT2D eigenvalue weighted by atomic mass is 10.0. The van der Waals surface area contributed by atoms with Crippen molar-refractivity contribution in [2.45, 2.75) is 44.4 Å². The molecule has 0 saturated carbocycles. The Morgan fingerprint density at radius 2 is 1.43 bits per heavy atom. The Bertz CT molecular complexity index is 603. The van der Waals surface area contributed by atoms with E-state index in [2.05, 4.69) is 41.2 Å². The third kappa shape index (κ3) is 8.80. The van der Waals surface area contributed by atoms with Gasteiger partial charge < -0.3 is 32.5 Å². The number of thiol groups is 2. The Morgan fingerprint density at radius 3 is 1.82 bits per heavy atom. The van der Waals surface area contributed by atoms with Gasteiger partial charge in [0.25, 0.3) is 0 Å². The van der Waals surface area contributed by atoms with E-state index in [1.54, 1.807) is 13.8 Å². The van der Waals surface area contributed by atoms with Gasteiger partial charge in [0.2, 0.25) is 23.6 Å². The Hall–Kier alpha value is -1.99. The molecule has 0 aromatic carbocycles. The smallest absolute Gasteiger partial charge is 0.326 e. The molecule has 0 radical (unpaired) electrons. The van der Waals surface area contributed by atoms with Gasteiger partial charge in [0.05, 0.1) is 12.5 Å². The Balaban J connectivity index is 5.18. The van der Waals surface area contributed by atoms with Gasteiger partial charge in [-0.05, 0) is 5.92 Å². The van der Waals surface area contributed by atoms with Crippen molar-refractivity contribution in [3.8, 4) is 0 Å². The average molecular weight is 438 g/mol. The molecule has 0 rings (SSSR count). The van der Waals surface area contributed by atoms with Gasteiger partial charge in [0.1, 0.15) is 18.1 Å². The van der Waals surface area contributed by atoms with Crippen LogP contribution >= 0.6 is 25.3 Å². The third-order valence-corrected chi connectivity index (χ3v) is 4.37. The van der Waals surface area contributed by atoms with Crippen molar-refractivity contribution < 1.29 is 29.1 Å². The van der Waals surface area contributed by atoms with Crippen LogP contribution in [0, 0.1) is 5.92 Å². The number of carboxylic acid groups (broad SMARTS) is 1. The molecule has 28 heavy (non-hydrogen) atoms. The lowest BCUT2D eigenvalue weighted by Gasteiger charge is -2.26. The molecular weight excluding hydrogens is 410 g/mol. The number of primary amides is 1. The fraction of sp³-hybridized carbons (Fsp3) is 0.667. The van der Waals surface area contributed by atoms with Crippen molar-refractivity contribution in [2.24, 2.45) is 17.4 Å². The van der Waals surface area contributed by atoms with Crippen LogP contribution in [0.5, 0.6) is 0 Å². The van der Waals surface area contributed by atoms with E-state index in [-0.39, 0.29) is 11.5 Å². The minimum atomic E-state index is -1.53. The van der Waals surface area contributed by atoms with Crippen LogP contribution in [-0.4, -0.2) is 70.4 Å². The number of amides is 4. The largest absolute Gasteiger partial charge is 0.480 e. The zero-order valence-electron chi connectivity index (χ0n) is 15.5. The normalized spacial score (nSPS) is 15.1. The van der Waals surface area contributed by atoms with E-state index in [0.717, 1.165) is 0 Å². The van der Waals surface area contributed by atoms with E-state index in [1.165, 1.54) is 0 Å². The molecule has 0 bridgehead atoms. The molecule has 0 fully saturated rings. The summed E-state index contributed by atoms with van der Waals surface area (Å²) in [4.78, 5) is 58.8. The fourth-order valence-corrected chi connectivity index (χ4v) is 2.43. The first kappa shape index (κ1) is 26.0. The number of rotatable bonds is 12. The second kappa shape index (κ2) is 12.5. The fourth-order valence-electron chi connectivity index (χ4n) is 2.01. The Morgan fingerprint density at radius 1 is 0.893 bits per heavy atom. The number of carbonyl (C=O) groups is 5. The second-order valence-electron chi connectivity index (χ2n) is 6.33. The van der Waals surface area contributed by atoms with Gasteiger partial charge in [-0.1, -0.05) is 13.8 Å². The monoisotopic (exact) mass is 437 g/mol. The van der Waals surface area contributed by atoms with Crippen molar-refractivity contribution in [3.05, 3.63) is 0 Å².